The molecule has 1 aliphatic rings. The average molecular weight is 408 g/mol. The van der Waals surface area contributed by atoms with Gasteiger partial charge in [0, 0.05) is 12.6 Å². The number of aromatic nitrogens is 2. The van der Waals surface area contributed by atoms with Gasteiger partial charge in [-0.2, -0.15) is 0 Å². The highest BCUT2D eigenvalue weighted by Gasteiger charge is 2.29. The summed E-state index contributed by atoms with van der Waals surface area (Å²) in [5.41, 5.74) is 5.27. The Bertz CT molecular complexity index is 1120. The largest absolute Gasteiger partial charge is 0.483 e. The second-order valence-electron chi connectivity index (χ2n) is 8.95. The Balaban J connectivity index is 1.78. The zero-order chi connectivity index (χ0) is 21.6. The first-order valence-electron chi connectivity index (χ1n) is 10.3. The van der Waals surface area contributed by atoms with Crippen LogP contribution in [0.4, 0.5) is 10.5 Å². The zero-order valence-electron chi connectivity index (χ0n) is 18.5. The molecule has 3 aromatic rings. The maximum absolute atomic E-state index is 12.5. The summed E-state index contributed by atoms with van der Waals surface area (Å²) < 4.78 is 14.0. The van der Waals surface area contributed by atoms with E-state index in [2.05, 4.69) is 24.4 Å². The topological polar surface area (TPSA) is 65.4 Å². The van der Waals surface area contributed by atoms with E-state index in [4.69, 9.17) is 14.5 Å². The van der Waals surface area contributed by atoms with Crippen LogP contribution in [-0.4, -0.2) is 21.2 Å². The molecule has 1 atom stereocenters. The minimum absolute atomic E-state index is 0.0408. The van der Waals surface area contributed by atoms with Crippen molar-refractivity contribution in [2.75, 3.05) is 5.32 Å². The molecular weight excluding hydrogens is 378 g/mol. The average Bonchev–Trinajstić information content (AvgIpc) is 2.95. The number of amides is 1. The van der Waals surface area contributed by atoms with E-state index in [1.165, 1.54) is 11.1 Å². The van der Waals surface area contributed by atoms with Crippen molar-refractivity contribution in [3.63, 3.8) is 0 Å². The van der Waals surface area contributed by atoms with Gasteiger partial charge in [-0.3, -0.25) is 5.32 Å². The van der Waals surface area contributed by atoms with Gasteiger partial charge >= 0.3 is 6.09 Å². The molecule has 1 aliphatic heterocycles. The Kier molecular flexibility index (Phi) is 4.96. The monoisotopic (exact) mass is 407 g/mol. The van der Waals surface area contributed by atoms with E-state index in [0.717, 1.165) is 46.7 Å². The highest BCUT2D eigenvalue weighted by Crippen LogP contribution is 2.44. The van der Waals surface area contributed by atoms with Gasteiger partial charge in [0.05, 0.1) is 11.2 Å². The van der Waals surface area contributed by atoms with E-state index in [-0.39, 0.29) is 6.10 Å². The first-order chi connectivity index (χ1) is 14.1. The summed E-state index contributed by atoms with van der Waals surface area (Å²) in [7, 11) is 1.97. The Morgan fingerprint density at radius 3 is 2.70 bits per heavy atom. The van der Waals surface area contributed by atoms with Crippen molar-refractivity contribution in [2.45, 2.75) is 59.2 Å². The van der Waals surface area contributed by atoms with E-state index in [1.54, 1.807) is 0 Å². The third kappa shape index (κ3) is 3.74. The molecule has 0 saturated heterocycles. The Morgan fingerprint density at radius 2 is 2.00 bits per heavy atom. The van der Waals surface area contributed by atoms with Crippen LogP contribution in [0.15, 0.2) is 30.3 Å². The summed E-state index contributed by atoms with van der Waals surface area (Å²) in [6.45, 7) is 9.63. The molecule has 1 N–H and O–H groups in total. The fraction of sp³-hybridized carbons (Fsp3) is 0.417. The van der Waals surface area contributed by atoms with Crippen molar-refractivity contribution >= 4 is 22.8 Å². The number of hydrogen-bond donors (Lipinski definition) is 1. The molecule has 0 fully saturated rings. The van der Waals surface area contributed by atoms with Gasteiger partial charge in [-0.25, -0.2) is 9.78 Å². The first-order valence-corrected chi connectivity index (χ1v) is 10.3. The van der Waals surface area contributed by atoms with Gasteiger partial charge in [-0.15, -0.1) is 0 Å². The second kappa shape index (κ2) is 7.35. The van der Waals surface area contributed by atoms with Crippen LogP contribution in [0.1, 0.15) is 55.8 Å². The standard InChI is InChI=1S/C24H29N3O3/c1-14-9-7-8-10-16(14)20-12-11-17-18(26-23(28)30-24(3,4)5)13-19-21(22(17)29-20)25-15(2)27(19)6/h7-10,13,20H,11-12H2,1-6H3,(H,26,28)/t20-/m0/s1. The van der Waals surface area contributed by atoms with Gasteiger partial charge in [0.15, 0.2) is 5.75 Å². The predicted octanol–water partition coefficient (Wildman–Crippen LogP) is 5.60. The van der Waals surface area contributed by atoms with Gasteiger partial charge in [-0.1, -0.05) is 24.3 Å². The van der Waals surface area contributed by atoms with Crippen LogP contribution < -0.4 is 10.1 Å². The highest BCUT2D eigenvalue weighted by molar-refractivity contribution is 5.95. The Hall–Kier alpha value is -3.02. The summed E-state index contributed by atoms with van der Waals surface area (Å²) in [5.74, 6) is 1.64. The fourth-order valence-corrected chi connectivity index (χ4v) is 3.99. The number of ether oxygens (including phenoxy) is 2. The lowest BCUT2D eigenvalue weighted by molar-refractivity contribution is 0.0635. The van der Waals surface area contributed by atoms with Gasteiger partial charge in [-0.05, 0) is 64.7 Å². The van der Waals surface area contributed by atoms with E-state index in [9.17, 15) is 4.79 Å². The number of nitrogens with one attached hydrogen (secondary N) is 1. The first kappa shape index (κ1) is 20.3. The summed E-state index contributed by atoms with van der Waals surface area (Å²) in [4.78, 5) is 17.2. The maximum atomic E-state index is 12.5. The predicted molar refractivity (Wildman–Crippen MR) is 118 cm³/mol. The lowest BCUT2D eigenvalue weighted by Gasteiger charge is -2.29. The lowest BCUT2D eigenvalue weighted by Crippen LogP contribution is -2.28. The SMILES string of the molecule is Cc1ccccc1[C@@H]1CCc2c(NC(=O)OC(C)(C)C)cc3c(nc(C)n3C)c2O1. The van der Waals surface area contributed by atoms with Gasteiger partial charge in [0.1, 0.15) is 23.0 Å². The van der Waals surface area contributed by atoms with Crippen molar-refractivity contribution < 1.29 is 14.3 Å². The molecule has 158 valence electrons. The smallest absolute Gasteiger partial charge is 0.412 e. The fourth-order valence-electron chi connectivity index (χ4n) is 3.99. The quantitative estimate of drug-likeness (QED) is 0.600. The third-order valence-electron chi connectivity index (χ3n) is 5.55. The van der Waals surface area contributed by atoms with Crippen molar-refractivity contribution in [1.82, 2.24) is 9.55 Å². The molecule has 0 unspecified atom stereocenters. The number of imidazole rings is 1. The van der Waals surface area contributed by atoms with E-state index in [1.807, 2.05) is 57.5 Å². The second-order valence-corrected chi connectivity index (χ2v) is 8.95. The number of rotatable bonds is 2. The van der Waals surface area contributed by atoms with Crippen molar-refractivity contribution in [2.24, 2.45) is 7.05 Å². The van der Waals surface area contributed by atoms with Gasteiger partial charge in [0.2, 0.25) is 0 Å². The molecule has 2 heterocycles. The summed E-state index contributed by atoms with van der Waals surface area (Å²) in [6, 6.07) is 10.3. The number of hydrogen-bond acceptors (Lipinski definition) is 4. The number of anilines is 1. The van der Waals surface area contributed by atoms with Crippen molar-refractivity contribution in [1.29, 1.82) is 0 Å². The molecule has 6 heteroatoms. The molecular formula is C24H29N3O3. The molecule has 0 bridgehead atoms. The highest BCUT2D eigenvalue weighted by atomic mass is 16.6. The Morgan fingerprint density at radius 1 is 1.27 bits per heavy atom. The van der Waals surface area contributed by atoms with E-state index in [0.29, 0.717) is 0 Å². The molecule has 0 saturated carbocycles. The number of fused-ring (bicyclic) bond motifs is 3. The number of aryl methyl sites for hydroxylation is 3. The van der Waals surface area contributed by atoms with Crippen LogP contribution in [0, 0.1) is 13.8 Å². The van der Waals surface area contributed by atoms with Crippen LogP contribution in [0.25, 0.3) is 11.0 Å². The molecule has 0 aliphatic carbocycles. The molecule has 4 rings (SSSR count). The molecule has 1 aromatic heterocycles. The summed E-state index contributed by atoms with van der Waals surface area (Å²) in [6.07, 6.45) is 1.10. The summed E-state index contributed by atoms with van der Waals surface area (Å²) >= 11 is 0. The van der Waals surface area contributed by atoms with Gasteiger partial charge in [0.25, 0.3) is 0 Å². The minimum atomic E-state index is -0.566. The molecule has 30 heavy (non-hydrogen) atoms. The maximum Gasteiger partial charge on any atom is 0.412 e. The van der Waals surface area contributed by atoms with Crippen LogP contribution in [0.2, 0.25) is 0 Å². The minimum Gasteiger partial charge on any atom is -0.483 e. The van der Waals surface area contributed by atoms with Crippen LogP contribution in [-0.2, 0) is 18.2 Å². The van der Waals surface area contributed by atoms with Crippen molar-refractivity contribution in [3.05, 3.63) is 52.8 Å². The number of carbonyl (C=O) groups is 1. The third-order valence-corrected chi connectivity index (χ3v) is 5.55. The Labute approximate surface area is 177 Å². The molecule has 2 aromatic carbocycles. The number of nitrogens with zero attached hydrogens (tertiary/aromatic N) is 2. The van der Waals surface area contributed by atoms with E-state index >= 15 is 0 Å². The van der Waals surface area contributed by atoms with Crippen LogP contribution in [0.5, 0.6) is 5.75 Å². The molecule has 1 amide bonds. The zero-order valence-corrected chi connectivity index (χ0v) is 18.5. The van der Waals surface area contributed by atoms with Crippen LogP contribution in [0.3, 0.4) is 0 Å². The lowest BCUT2D eigenvalue weighted by atomic mass is 9.93. The van der Waals surface area contributed by atoms with Crippen LogP contribution >= 0.6 is 0 Å². The molecule has 6 nitrogen and oxygen atoms in total. The molecule has 0 spiro atoms. The van der Waals surface area contributed by atoms with E-state index < -0.39 is 11.7 Å². The van der Waals surface area contributed by atoms with Gasteiger partial charge < -0.3 is 14.0 Å². The molecule has 0 radical (unpaired) electrons. The summed E-state index contributed by atoms with van der Waals surface area (Å²) in [5, 5.41) is 2.94. The number of benzene rings is 2. The van der Waals surface area contributed by atoms with Crippen molar-refractivity contribution in [3.8, 4) is 5.75 Å². The normalized spacial score (nSPS) is 16.1. The number of carbonyl (C=O) groups excluding carboxylic acids is 1.